The summed E-state index contributed by atoms with van der Waals surface area (Å²) in [6.45, 7) is 0.960. The van der Waals surface area contributed by atoms with E-state index in [1.165, 1.54) is 24.1 Å². The number of rotatable bonds is 3. The monoisotopic (exact) mass is 255 g/mol. The average molecular weight is 255 g/mol. The summed E-state index contributed by atoms with van der Waals surface area (Å²) in [4.78, 5) is 4.61. The minimum absolute atomic E-state index is 0.248. The third-order valence-electron chi connectivity index (χ3n) is 4.03. The van der Waals surface area contributed by atoms with E-state index in [4.69, 9.17) is 4.52 Å². The standard InChI is InChI=1S/C15H17N3O/c1-2-4-13-11(3-1)12(7-8-16-13)15-17-14(18-19-15)9-10-5-6-10/h1-4,10,12,16H,5-9H2. The first-order chi connectivity index (χ1) is 9.40. The van der Waals surface area contributed by atoms with Crippen LogP contribution in [0.3, 0.4) is 0 Å². The number of anilines is 1. The molecule has 1 unspecified atom stereocenters. The zero-order chi connectivity index (χ0) is 12.7. The summed E-state index contributed by atoms with van der Waals surface area (Å²) in [6, 6.07) is 8.39. The first-order valence-corrected chi connectivity index (χ1v) is 7.05. The molecule has 0 bridgehead atoms. The first kappa shape index (κ1) is 11.0. The molecule has 1 aliphatic heterocycles. The summed E-state index contributed by atoms with van der Waals surface area (Å²) in [7, 11) is 0. The molecule has 1 aromatic heterocycles. The van der Waals surface area contributed by atoms with Gasteiger partial charge in [0.15, 0.2) is 5.82 Å². The minimum Gasteiger partial charge on any atom is -0.385 e. The van der Waals surface area contributed by atoms with Gasteiger partial charge in [0, 0.05) is 18.7 Å². The summed E-state index contributed by atoms with van der Waals surface area (Å²) in [6.07, 6.45) is 4.64. The third kappa shape index (κ3) is 2.11. The van der Waals surface area contributed by atoms with Crippen molar-refractivity contribution in [3.05, 3.63) is 41.5 Å². The number of nitrogens with zero attached hydrogens (tertiary/aromatic N) is 2. The fourth-order valence-electron chi connectivity index (χ4n) is 2.80. The van der Waals surface area contributed by atoms with Gasteiger partial charge in [0.25, 0.3) is 0 Å². The highest BCUT2D eigenvalue weighted by Gasteiger charge is 2.28. The molecule has 2 aromatic rings. The molecule has 1 saturated carbocycles. The number of hydrogen-bond acceptors (Lipinski definition) is 4. The van der Waals surface area contributed by atoms with Crippen molar-refractivity contribution in [1.29, 1.82) is 0 Å². The number of benzene rings is 1. The van der Waals surface area contributed by atoms with E-state index >= 15 is 0 Å². The first-order valence-electron chi connectivity index (χ1n) is 7.05. The van der Waals surface area contributed by atoms with Crippen molar-refractivity contribution in [2.45, 2.75) is 31.6 Å². The largest absolute Gasteiger partial charge is 0.385 e. The van der Waals surface area contributed by atoms with E-state index in [-0.39, 0.29) is 5.92 Å². The number of aromatic nitrogens is 2. The van der Waals surface area contributed by atoms with E-state index in [0.717, 1.165) is 37.0 Å². The molecule has 2 aliphatic rings. The number of para-hydroxylation sites is 1. The van der Waals surface area contributed by atoms with E-state index in [1.807, 2.05) is 0 Å². The Labute approximate surface area is 112 Å². The summed E-state index contributed by atoms with van der Waals surface area (Å²) in [5, 5.41) is 7.56. The van der Waals surface area contributed by atoms with E-state index in [1.54, 1.807) is 0 Å². The number of nitrogens with one attached hydrogen (secondary N) is 1. The van der Waals surface area contributed by atoms with E-state index in [0.29, 0.717) is 0 Å². The van der Waals surface area contributed by atoms with Crippen molar-refractivity contribution in [1.82, 2.24) is 10.1 Å². The molecule has 0 radical (unpaired) electrons. The molecule has 1 aromatic carbocycles. The Morgan fingerprint density at radius 3 is 3.00 bits per heavy atom. The van der Waals surface area contributed by atoms with Crippen LogP contribution < -0.4 is 5.32 Å². The molecule has 4 rings (SSSR count). The third-order valence-corrected chi connectivity index (χ3v) is 4.03. The van der Waals surface area contributed by atoms with Gasteiger partial charge in [-0.3, -0.25) is 0 Å². The highest BCUT2D eigenvalue weighted by molar-refractivity contribution is 5.56. The molecule has 0 spiro atoms. The average Bonchev–Trinajstić information content (AvgIpc) is 3.14. The molecule has 19 heavy (non-hydrogen) atoms. The van der Waals surface area contributed by atoms with Crippen LogP contribution in [-0.4, -0.2) is 16.7 Å². The lowest BCUT2D eigenvalue weighted by molar-refractivity contribution is 0.355. The topological polar surface area (TPSA) is 51.0 Å². The van der Waals surface area contributed by atoms with Crippen LogP contribution in [0.5, 0.6) is 0 Å². The van der Waals surface area contributed by atoms with Gasteiger partial charge in [0.2, 0.25) is 5.89 Å². The smallest absolute Gasteiger partial charge is 0.234 e. The lowest BCUT2D eigenvalue weighted by Gasteiger charge is -2.23. The van der Waals surface area contributed by atoms with Crippen LogP contribution in [-0.2, 0) is 6.42 Å². The zero-order valence-corrected chi connectivity index (χ0v) is 10.8. The molecule has 2 heterocycles. The second-order valence-corrected chi connectivity index (χ2v) is 5.55. The van der Waals surface area contributed by atoms with Gasteiger partial charge < -0.3 is 9.84 Å². The molecule has 0 amide bonds. The van der Waals surface area contributed by atoms with Crippen molar-refractivity contribution in [3.63, 3.8) is 0 Å². The predicted octanol–water partition coefficient (Wildman–Crippen LogP) is 2.97. The van der Waals surface area contributed by atoms with E-state index < -0.39 is 0 Å². The van der Waals surface area contributed by atoms with Gasteiger partial charge in [-0.1, -0.05) is 23.4 Å². The van der Waals surface area contributed by atoms with Crippen LogP contribution in [0.15, 0.2) is 28.8 Å². The van der Waals surface area contributed by atoms with Crippen LogP contribution in [0, 0.1) is 5.92 Å². The van der Waals surface area contributed by atoms with Crippen LogP contribution >= 0.6 is 0 Å². The molecule has 4 nitrogen and oxygen atoms in total. The molecular weight excluding hydrogens is 238 g/mol. The maximum Gasteiger partial charge on any atom is 0.234 e. The van der Waals surface area contributed by atoms with Crippen molar-refractivity contribution in [2.24, 2.45) is 5.92 Å². The SMILES string of the molecule is c1ccc2c(c1)NCCC2c1nc(CC2CC2)no1. The molecule has 1 atom stereocenters. The summed E-state index contributed by atoms with van der Waals surface area (Å²) < 4.78 is 5.50. The molecule has 1 aliphatic carbocycles. The summed E-state index contributed by atoms with van der Waals surface area (Å²) >= 11 is 0. The van der Waals surface area contributed by atoms with Crippen LogP contribution in [0.4, 0.5) is 5.69 Å². The predicted molar refractivity (Wildman–Crippen MR) is 72.1 cm³/mol. The zero-order valence-electron chi connectivity index (χ0n) is 10.8. The Morgan fingerprint density at radius 2 is 2.11 bits per heavy atom. The molecule has 0 saturated heterocycles. The fourth-order valence-corrected chi connectivity index (χ4v) is 2.80. The van der Waals surface area contributed by atoms with Gasteiger partial charge >= 0.3 is 0 Å². The minimum atomic E-state index is 0.248. The van der Waals surface area contributed by atoms with Crippen molar-refractivity contribution < 1.29 is 4.52 Å². The molecular formula is C15H17N3O. The Balaban J connectivity index is 1.63. The Hall–Kier alpha value is -1.84. The highest BCUT2D eigenvalue weighted by atomic mass is 16.5. The van der Waals surface area contributed by atoms with Gasteiger partial charge in [0.1, 0.15) is 0 Å². The van der Waals surface area contributed by atoms with Gasteiger partial charge in [-0.25, -0.2) is 0 Å². The van der Waals surface area contributed by atoms with E-state index in [9.17, 15) is 0 Å². The highest BCUT2D eigenvalue weighted by Crippen LogP contribution is 2.36. The Kier molecular flexibility index (Phi) is 2.53. The molecule has 1 fully saturated rings. The maximum absolute atomic E-state index is 5.50. The normalized spacial score (nSPS) is 21.8. The van der Waals surface area contributed by atoms with E-state index in [2.05, 4.69) is 39.7 Å². The molecule has 98 valence electrons. The number of fused-ring (bicyclic) bond motifs is 1. The summed E-state index contributed by atoms with van der Waals surface area (Å²) in [5.74, 6) is 2.71. The maximum atomic E-state index is 5.50. The Morgan fingerprint density at radius 1 is 1.21 bits per heavy atom. The van der Waals surface area contributed by atoms with Crippen molar-refractivity contribution in [3.8, 4) is 0 Å². The van der Waals surface area contributed by atoms with Crippen molar-refractivity contribution in [2.75, 3.05) is 11.9 Å². The van der Waals surface area contributed by atoms with Gasteiger partial charge in [-0.15, -0.1) is 0 Å². The molecule has 1 N–H and O–H groups in total. The van der Waals surface area contributed by atoms with Crippen LogP contribution in [0.2, 0.25) is 0 Å². The van der Waals surface area contributed by atoms with Crippen molar-refractivity contribution >= 4 is 5.69 Å². The fraction of sp³-hybridized carbons (Fsp3) is 0.467. The quantitative estimate of drug-likeness (QED) is 0.916. The van der Waals surface area contributed by atoms with Gasteiger partial charge in [-0.05, 0) is 36.8 Å². The van der Waals surface area contributed by atoms with Gasteiger partial charge in [-0.2, -0.15) is 4.98 Å². The second kappa shape index (κ2) is 4.37. The Bertz CT molecular complexity index is 589. The second-order valence-electron chi connectivity index (χ2n) is 5.55. The van der Waals surface area contributed by atoms with Crippen LogP contribution in [0.25, 0.3) is 0 Å². The van der Waals surface area contributed by atoms with Crippen LogP contribution in [0.1, 0.15) is 42.5 Å². The lowest BCUT2D eigenvalue weighted by atomic mass is 9.91. The number of hydrogen-bond donors (Lipinski definition) is 1. The molecule has 4 heteroatoms. The lowest BCUT2D eigenvalue weighted by Crippen LogP contribution is -2.17. The van der Waals surface area contributed by atoms with Gasteiger partial charge in [0.05, 0.1) is 5.92 Å². The summed E-state index contributed by atoms with van der Waals surface area (Å²) in [5.41, 5.74) is 2.47.